The van der Waals surface area contributed by atoms with Crippen LogP contribution in [-0.2, 0) is 5.41 Å². The van der Waals surface area contributed by atoms with Crippen LogP contribution < -0.4 is 4.74 Å². The zero-order chi connectivity index (χ0) is 24.0. The quantitative estimate of drug-likeness (QED) is 0.240. The summed E-state index contributed by atoms with van der Waals surface area (Å²) in [7, 11) is 0. The third-order valence-corrected chi connectivity index (χ3v) is 7.85. The summed E-state index contributed by atoms with van der Waals surface area (Å²) in [6, 6.07) is 36.5. The van der Waals surface area contributed by atoms with Crippen molar-refractivity contribution in [3.63, 3.8) is 0 Å². The van der Waals surface area contributed by atoms with E-state index in [0.717, 1.165) is 44.2 Å². The van der Waals surface area contributed by atoms with Gasteiger partial charge in [-0.15, -0.1) is 0 Å². The second-order valence-electron chi connectivity index (χ2n) is 9.63. The normalized spacial score (nSPS) is 14.2. The molecule has 3 heteroatoms. The maximum absolute atomic E-state index is 10.3. The van der Waals surface area contributed by atoms with E-state index in [1.807, 2.05) is 48.5 Å². The minimum absolute atomic E-state index is 0.238. The van der Waals surface area contributed by atoms with E-state index in [2.05, 4.69) is 48.5 Å². The molecular weight excluding hydrogens is 444 g/mol. The number of ether oxygens (including phenoxy) is 1. The summed E-state index contributed by atoms with van der Waals surface area (Å²) >= 11 is 0. The molecule has 2 N–H and O–H groups in total. The van der Waals surface area contributed by atoms with Crippen LogP contribution in [0.4, 0.5) is 0 Å². The van der Waals surface area contributed by atoms with Gasteiger partial charge in [0.1, 0.15) is 23.0 Å². The number of fused-ring (bicyclic) bond motifs is 13. The van der Waals surface area contributed by atoms with E-state index in [0.29, 0.717) is 0 Å². The fourth-order valence-electron chi connectivity index (χ4n) is 6.56. The molecule has 0 atom stereocenters. The second-order valence-corrected chi connectivity index (χ2v) is 9.63. The second kappa shape index (κ2) is 6.67. The van der Waals surface area contributed by atoms with Crippen LogP contribution in [0.5, 0.6) is 23.0 Å². The number of hydrogen-bond donors (Lipinski definition) is 2. The Morgan fingerprint density at radius 3 is 1.47 bits per heavy atom. The van der Waals surface area contributed by atoms with Crippen molar-refractivity contribution in [1.82, 2.24) is 0 Å². The topological polar surface area (TPSA) is 49.7 Å². The van der Waals surface area contributed by atoms with Crippen LogP contribution in [0.1, 0.15) is 22.3 Å². The molecule has 0 saturated carbocycles. The predicted octanol–water partition coefficient (Wildman–Crippen LogP) is 7.87. The maximum Gasteiger partial charge on any atom is 0.132 e. The molecule has 0 aromatic heterocycles. The molecule has 1 spiro atoms. The first kappa shape index (κ1) is 19.5. The van der Waals surface area contributed by atoms with Gasteiger partial charge in [0.15, 0.2) is 0 Å². The van der Waals surface area contributed by atoms with Gasteiger partial charge in [0.25, 0.3) is 0 Å². The highest BCUT2D eigenvalue weighted by molar-refractivity contribution is 6.02. The number of aromatic hydroxyl groups is 2. The Balaban J connectivity index is 1.67. The van der Waals surface area contributed by atoms with Gasteiger partial charge in [-0.05, 0) is 80.2 Å². The smallest absolute Gasteiger partial charge is 0.132 e. The van der Waals surface area contributed by atoms with Crippen LogP contribution in [0.3, 0.4) is 0 Å². The number of benzene rings is 6. The van der Waals surface area contributed by atoms with Gasteiger partial charge in [-0.2, -0.15) is 0 Å². The first-order chi connectivity index (χ1) is 17.7. The van der Waals surface area contributed by atoms with Crippen molar-refractivity contribution in [1.29, 1.82) is 0 Å². The molecule has 36 heavy (non-hydrogen) atoms. The SMILES string of the molecule is Oc1ccc2c3c(ccc2c1)Oc1ccc2cc(O)ccc2c1C31c2ccccc2-c2ccccc21. The van der Waals surface area contributed by atoms with Gasteiger partial charge in [0.2, 0.25) is 0 Å². The molecule has 1 heterocycles. The Hall–Kier alpha value is -4.76. The van der Waals surface area contributed by atoms with Crippen molar-refractivity contribution in [2.75, 3.05) is 0 Å². The van der Waals surface area contributed by atoms with Crippen molar-refractivity contribution in [2.45, 2.75) is 5.41 Å². The van der Waals surface area contributed by atoms with E-state index in [1.165, 1.54) is 22.3 Å². The van der Waals surface area contributed by atoms with E-state index in [-0.39, 0.29) is 11.5 Å². The van der Waals surface area contributed by atoms with Crippen LogP contribution in [-0.4, -0.2) is 10.2 Å². The van der Waals surface area contributed by atoms with Crippen molar-refractivity contribution < 1.29 is 14.9 Å². The number of rotatable bonds is 0. The van der Waals surface area contributed by atoms with Gasteiger partial charge in [-0.1, -0.05) is 72.8 Å². The Morgan fingerprint density at radius 2 is 0.972 bits per heavy atom. The molecule has 6 aromatic rings. The monoisotopic (exact) mass is 464 g/mol. The van der Waals surface area contributed by atoms with Crippen molar-refractivity contribution >= 4 is 21.5 Å². The minimum atomic E-state index is -0.636. The average Bonchev–Trinajstić information content (AvgIpc) is 3.19. The molecule has 0 radical (unpaired) electrons. The molecule has 0 fully saturated rings. The zero-order valence-corrected chi connectivity index (χ0v) is 19.2. The Bertz CT molecular complexity index is 1760. The molecule has 3 nitrogen and oxygen atoms in total. The lowest BCUT2D eigenvalue weighted by Crippen LogP contribution is -2.32. The third-order valence-electron chi connectivity index (χ3n) is 7.85. The molecular formula is C33H20O3. The van der Waals surface area contributed by atoms with Crippen LogP contribution in [0, 0.1) is 0 Å². The summed E-state index contributed by atoms with van der Waals surface area (Å²) in [5.74, 6) is 2.10. The van der Waals surface area contributed by atoms with E-state index >= 15 is 0 Å². The van der Waals surface area contributed by atoms with Gasteiger partial charge in [-0.3, -0.25) is 0 Å². The molecule has 1 aliphatic carbocycles. The molecule has 170 valence electrons. The molecule has 0 unspecified atom stereocenters. The Morgan fingerprint density at radius 1 is 0.500 bits per heavy atom. The summed E-state index contributed by atoms with van der Waals surface area (Å²) in [5.41, 5.74) is 6.34. The van der Waals surface area contributed by atoms with Gasteiger partial charge < -0.3 is 14.9 Å². The fraction of sp³-hybridized carbons (Fsp3) is 0.0303. The molecule has 6 aromatic carbocycles. The van der Waals surface area contributed by atoms with E-state index in [1.54, 1.807) is 12.1 Å². The van der Waals surface area contributed by atoms with Crippen LogP contribution in [0.25, 0.3) is 32.7 Å². The van der Waals surface area contributed by atoms with Crippen molar-refractivity contribution in [3.8, 4) is 34.1 Å². The maximum atomic E-state index is 10.3. The van der Waals surface area contributed by atoms with Crippen LogP contribution >= 0.6 is 0 Å². The van der Waals surface area contributed by atoms with E-state index < -0.39 is 5.41 Å². The lowest BCUT2D eigenvalue weighted by Gasteiger charge is -2.41. The molecule has 1 aliphatic heterocycles. The minimum Gasteiger partial charge on any atom is -0.508 e. The third kappa shape index (κ3) is 2.28. The molecule has 2 aliphatic rings. The highest BCUT2D eigenvalue weighted by Crippen LogP contribution is 2.64. The molecule has 0 saturated heterocycles. The highest BCUT2D eigenvalue weighted by Gasteiger charge is 2.52. The summed E-state index contributed by atoms with van der Waals surface area (Å²) in [6.07, 6.45) is 0. The largest absolute Gasteiger partial charge is 0.508 e. The number of hydrogen-bond acceptors (Lipinski definition) is 3. The summed E-state index contributed by atoms with van der Waals surface area (Å²) in [4.78, 5) is 0. The first-order valence-corrected chi connectivity index (χ1v) is 12.1. The van der Waals surface area contributed by atoms with Crippen molar-refractivity contribution in [2.24, 2.45) is 0 Å². The first-order valence-electron chi connectivity index (χ1n) is 12.1. The summed E-state index contributed by atoms with van der Waals surface area (Å²) < 4.78 is 6.65. The Kier molecular flexibility index (Phi) is 3.62. The summed E-state index contributed by atoms with van der Waals surface area (Å²) in [5, 5.41) is 24.6. The molecule has 8 rings (SSSR count). The van der Waals surface area contributed by atoms with Gasteiger partial charge in [0.05, 0.1) is 5.41 Å². The van der Waals surface area contributed by atoms with Crippen LogP contribution in [0.15, 0.2) is 109 Å². The van der Waals surface area contributed by atoms with Gasteiger partial charge in [-0.25, -0.2) is 0 Å². The van der Waals surface area contributed by atoms with Gasteiger partial charge >= 0.3 is 0 Å². The lowest BCUT2D eigenvalue weighted by molar-refractivity contribution is 0.440. The molecule has 0 bridgehead atoms. The highest BCUT2D eigenvalue weighted by atomic mass is 16.5. The number of phenols is 2. The lowest BCUT2D eigenvalue weighted by atomic mass is 9.64. The van der Waals surface area contributed by atoms with Crippen LogP contribution in [0.2, 0.25) is 0 Å². The predicted molar refractivity (Wildman–Crippen MR) is 142 cm³/mol. The standard InChI is InChI=1S/C33H20O3/c34-21-11-13-23-19(17-21)9-15-29-31(23)33(27-7-3-1-5-25(27)26-6-2-4-8-28(26)33)32-24-14-12-22(35)18-20(24)10-16-30(32)36-29/h1-18,34-35H. The molecule has 0 amide bonds. The van der Waals surface area contributed by atoms with Crippen molar-refractivity contribution in [3.05, 3.63) is 131 Å². The Labute approximate surface area is 207 Å². The fourth-order valence-corrected chi connectivity index (χ4v) is 6.56. The average molecular weight is 465 g/mol. The van der Waals surface area contributed by atoms with E-state index in [9.17, 15) is 10.2 Å². The van der Waals surface area contributed by atoms with E-state index in [4.69, 9.17) is 4.74 Å². The summed E-state index contributed by atoms with van der Waals surface area (Å²) in [6.45, 7) is 0. The van der Waals surface area contributed by atoms with Gasteiger partial charge in [0, 0.05) is 11.1 Å². The number of phenolic OH excluding ortho intramolecular Hbond substituents is 2. The zero-order valence-electron chi connectivity index (χ0n) is 19.2.